The van der Waals surface area contributed by atoms with Crippen molar-refractivity contribution in [2.75, 3.05) is 12.4 Å². The van der Waals surface area contributed by atoms with Gasteiger partial charge in [-0.1, -0.05) is 72.4 Å². The van der Waals surface area contributed by atoms with Gasteiger partial charge < -0.3 is 9.47 Å². The molecule has 0 saturated carbocycles. The van der Waals surface area contributed by atoms with Gasteiger partial charge in [0.15, 0.2) is 16.7 Å². The Bertz CT molecular complexity index is 1580. The number of aromatic nitrogens is 2. The van der Waals surface area contributed by atoms with Crippen molar-refractivity contribution >= 4 is 33.3 Å². The topological polar surface area (TPSA) is 53.4 Å². The fourth-order valence-electron chi connectivity index (χ4n) is 4.24. The van der Waals surface area contributed by atoms with Crippen molar-refractivity contribution in [3.8, 4) is 28.3 Å². The molecule has 3 heterocycles. The highest BCUT2D eigenvalue weighted by atomic mass is 32.2. The fraction of sp³-hybridized carbons (Fsp3) is 0.143. The lowest BCUT2D eigenvalue weighted by Gasteiger charge is -2.26. The van der Waals surface area contributed by atoms with Gasteiger partial charge >= 0.3 is 0 Å². The lowest BCUT2D eigenvalue weighted by molar-refractivity contribution is 0.107. The summed E-state index contributed by atoms with van der Waals surface area (Å²) >= 11 is 3.02. The van der Waals surface area contributed by atoms with Crippen LogP contribution in [0.5, 0.6) is 11.5 Å². The van der Waals surface area contributed by atoms with E-state index >= 15 is 0 Å². The van der Waals surface area contributed by atoms with Crippen LogP contribution in [0.2, 0.25) is 0 Å². The third kappa shape index (κ3) is 4.11. The second-order valence-corrected chi connectivity index (χ2v) is 10.2. The van der Waals surface area contributed by atoms with Crippen LogP contribution in [0.15, 0.2) is 94.2 Å². The highest BCUT2D eigenvalue weighted by Crippen LogP contribution is 2.35. The Morgan fingerprint density at radius 3 is 2.57 bits per heavy atom. The maximum absolute atomic E-state index is 14.0. The van der Waals surface area contributed by atoms with Gasteiger partial charge in [0.05, 0.1) is 11.1 Å². The molecule has 7 heteroatoms. The molecule has 0 fully saturated rings. The van der Waals surface area contributed by atoms with Crippen molar-refractivity contribution < 1.29 is 9.47 Å². The molecule has 0 N–H and O–H groups in total. The average molecular weight is 499 g/mol. The third-order valence-electron chi connectivity index (χ3n) is 5.98. The Hall–Kier alpha value is -3.55. The van der Waals surface area contributed by atoms with Crippen molar-refractivity contribution in [1.29, 1.82) is 0 Å². The summed E-state index contributed by atoms with van der Waals surface area (Å²) in [6, 6.07) is 25.6. The molecule has 1 atom stereocenters. The summed E-state index contributed by atoms with van der Waals surface area (Å²) in [5.41, 5.74) is 3.73. The molecule has 0 bridgehead atoms. The van der Waals surface area contributed by atoms with E-state index in [1.165, 1.54) is 23.1 Å². The SMILES string of the molecule is Cc1ccccc1-n1c(SC[C@@H]2COc3ccccc3O2)nc2scc(-c3ccccc3)c2c1=O. The van der Waals surface area contributed by atoms with Crippen molar-refractivity contribution in [2.45, 2.75) is 18.2 Å². The quantitative estimate of drug-likeness (QED) is 0.209. The number of fused-ring (bicyclic) bond motifs is 2. The lowest BCUT2D eigenvalue weighted by Crippen LogP contribution is -2.31. The molecule has 0 unspecified atom stereocenters. The van der Waals surface area contributed by atoms with E-state index in [9.17, 15) is 4.79 Å². The largest absolute Gasteiger partial charge is 0.486 e. The second-order valence-electron chi connectivity index (χ2n) is 8.33. The number of hydrogen-bond donors (Lipinski definition) is 0. The minimum absolute atomic E-state index is 0.0574. The predicted octanol–water partition coefficient (Wildman–Crippen LogP) is 6.35. The maximum atomic E-state index is 14.0. The number of nitrogens with zero attached hydrogens (tertiary/aromatic N) is 2. The van der Waals surface area contributed by atoms with E-state index in [0.29, 0.717) is 22.9 Å². The summed E-state index contributed by atoms with van der Waals surface area (Å²) in [5, 5.41) is 3.33. The zero-order chi connectivity index (χ0) is 23.8. The van der Waals surface area contributed by atoms with Crippen LogP contribution in [0, 0.1) is 6.92 Å². The molecule has 3 aromatic carbocycles. The molecule has 0 aliphatic carbocycles. The molecule has 0 saturated heterocycles. The van der Waals surface area contributed by atoms with Crippen molar-refractivity contribution in [1.82, 2.24) is 9.55 Å². The van der Waals surface area contributed by atoms with Crippen LogP contribution in [0.25, 0.3) is 27.0 Å². The fourth-order valence-corrected chi connectivity index (χ4v) is 6.20. The first-order valence-corrected chi connectivity index (χ1v) is 13.2. The normalized spacial score (nSPS) is 14.8. The molecular formula is C28H22N2O3S2. The van der Waals surface area contributed by atoms with Gasteiger partial charge in [-0.3, -0.25) is 9.36 Å². The zero-order valence-corrected chi connectivity index (χ0v) is 20.6. The van der Waals surface area contributed by atoms with Gasteiger partial charge in [-0.05, 0) is 36.2 Å². The van der Waals surface area contributed by atoms with Crippen LogP contribution in [0.3, 0.4) is 0 Å². The number of ether oxygens (including phenoxy) is 2. The van der Waals surface area contributed by atoms with Gasteiger partial charge in [0.2, 0.25) is 0 Å². The predicted molar refractivity (Wildman–Crippen MR) is 142 cm³/mol. The molecule has 1 aliphatic rings. The minimum atomic E-state index is -0.143. The minimum Gasteiger partial charge on any atom is -0.486 e. The Morgan fingerprint density at radius 1 is 1.00 bits per heavy atom. The smallest absolute Gasteiger partial charge is 0.268 e. The number of benzene rings is 3. The molecule has 5 aromatic rings. The van der Waals surface area contributed by atoms with Crippen LogP contribution in [0.1, 0.15) is 5.56 Å². The first-order valence-electron chi connectivity index (χ1n) is 11.4. The standard InChI is InChI=1S/C28H22N2O3S2/c1-18-9-5-6-12-22(18)30-27(31)25-21(19-10-3-2-4-11-19)17-34-26(25)29-28(30)35-16-20-15-32-23-13-7-8-14-24(23)33-20/h2-14,17,20H,15-16H2,1H3/t20-/m0/s1. The van der Waals surface area contributed by atoms with Gasteiger partial charge in [0.25, 0.3) is 5.56 Å². The zero-order valence-electron chi connectivity index (χ0n) is 19.0. The Morgan fingerprint density at radius 2 is 1.74 bits per heavy atom. The Balaban J connectivity index is 1.42. The summed E-state index contributed by atoms with van der Waals surface area (Å²) < 4.78 is 13.8. The van der Waals surface area contributed by atoms with Crippen molar-refractivity contribution in [2.24, 2.45) is 0 Å². The van der Waals surface area contributed by atoms with Crippen LogP contribution < -0.4 is 15.0 Å². The molecule has 6 rings (SSSR count). The van der Waals surface area contributed by atoms with Gasteiger partial charge in [-0.15, -0.1) is 11.3 Å². The van der Waals surface area contributed by atoms with Gasteiger partial charge in [-0.2, -0.15) is 0 Å². The van der Waals surface area contributed by atoms with Crippen molar-refractivity contribution in [3.63, 3.8) is 0 Å². The average Bonchev–Trinajstić information content (AvgIpc) is 3.33. The third-order valence-corrected chi connectivity index (χ3v) is 7.93. The van der Waals surface area contributed by atoms with Crippen LogP contribution in [0.4, 0.5) is 0 Å². The maximum Gasteiger partial charge on any atom is 0.268 e. The van der Waals surface area contributed by atoms with Crippen LogP contribution in [-0.2, 0) is 0 Å². The van der Waals surface area contributed by atoms with E-state index in [-0.39, 0.29) is 11.7 Å². The first-order chi connectivity index (χ1) is 17.2. The molecular weight excluding hydrogens is 476 g/mol. The Kier molecular flexibility index (Phi) is 5.80. The number of hydrogen-bond acceptors (Lipinski definition) is 6. The van der Waals surface area contributed by atoms with Gasteiger partial charge in [0, 0.05) is 16.7 Å². The Labute approximate surface area is 211 Å². The van der Waals surface area contributed by atoms with E-state index in [4.69, 9.17) is 14.5 Å². The number of thioether (sulfide) groups is 1. The summed E-state index contributed by atoms with van der Waals surface area (Å²) in [5.74, 6) is 2.11. The van der Waals surface area contributed by atoms with Crippen LogP contribution >= 0.6 is 23.1 Å². The molecule has 2 aromatic heterocycles. The van der Waals surface area contributed by atoms with E-state index in [1.807, 2.05) is 91.2 Å². The molecule has 0 spiro atoms. The highest BCUT2D eigenvalue weighted by molar-refractivity contribution is 7.99. The van der Waals surface area contributed by atoms with E-state index in [0.717, 1.165) is 38.7 Å². The second kappa shape index (κ2) is 9.24. The van der Waals surface area contributed by atoms with Gasteiger partial charge in [0.1, 0.15) is 17.5 Å². The molecule has 5 nitrogen and oxygen atoms in total. The summed E-state index contributed by atoms with van der Waals surface area (Å²) in [4.78, 5) is 19.8. The lowest BCUT2D eigenvalue weighted by atomic mass is 10.1. The summed E-state index contributed by atoms with van der Waals surface area (Å²) in [6.07, 6.45) is -0.143. The molecule has 35 heavy (non-hydrogen) atoms. The number of rotatable bonds is 5. The molecule has 1 aliphatic heterocycles. The number of aryl methyl sites for hydroxylation is 1. The monoisotopic (exact) mass is 498 g/mol. The van der Waals surface area contributed by atoms with E-state index < -0.39 is 0 Å². The van der Waals surface area contributed by atoms with Crippen molar-refractivity contribution in [3.05, 3.63) is 100 Å². The first kappa shape index (κ1) is 21.9. The van der Waals surface area contributed by atoms with Crippen LogP contribution in [-0.4, -0.2) is 28.0 Å². The molecule has 0 amide bonds. The summed E-state index contributed by atoms with van der Waals surface area (Å²) in [7, 11) is 0. The number of thiophene rings is 1. The highest BCUT2D eigenvalue weighted by Gasteiger charge is 2.24. The van der Waals surface area contributed by atoms with E-state index in [2.05, 4.69) is 0 Å². The van der Waals surface area contributed by atoms with Gasteiger partial charge in [-0.25, -0.2) is 4.98 Å². The van der Waals surface area contributed by atoms with E-state index in [1.54, 1.807) is 4.57 Å². The number of para-hydroxylation sites is 3. The molecule has 0 radical (unpaired) electrons. The molecule has 174 valence electrons. The summed E-state index contributed by atoms with van der Waals surface area (Å²) in [6.45, 7) is 2.47.